The van der Waals surface area contributed by atoms with E-state index in [0.717, 1.165) is 26.1 Å². The largest absolute Gasteiger partial charge is 0.491 e. The van der Waals surface area contributed by atoms with Crippen LogP contribution in [-0.2, 0) is 9.53 Å². The van der Waals surface area contributed by atoms with E-state index in [-0.39, 0.29) is 18.5 Å². The summed E-state index contributed by atoms with van der Waals surface area (Å²) in [6.07, 6.45) is 0.284. The van der Waals surface area contributed by atoms with Crippen molar-refractivity contribution >= 4 is 11.9 Å². The van der Waals surface area contributed by atoms with Gasteiger partial charge in [-0.25, -0.2) is 4.79 Å². The molecule has 1 heterocycles. The number of ether oxygens (including phenoxy) is 2. The van der Waals surface area contributed by atoms with Gasteiger partial charge in [-0.1, -0.05) is 0 Å². The van der Waals surface area contributed by atoms with Crippen LogP contribution in [0.3, 0.4) is 0 Å². The minimum absolute atomic E-state index is 0.0991. The molecular weight excluding hydrogens is 336 g/mol. The number of rotatable bonds is 7. The van der Waals surface area contributed by atoms with Crippen LogP contribution in [-0.4, -0.2) is 78.8 Å². The number of aliphatic hydroxyl groups excluding tert-OH is 1. The van der Waals surface area contributed by atoms with Gasteiger partial charge in [0.1, 0.15) is 18.5 Å². The van der Waals surface area contributed by atoms with Crippen LogP contribution in [0.2, 0.25) is 0 Å². The first-order chi connectivity index (χ1) is 12.5. The second-order valence-corrected chi connectivity index (χ2v) is 6.37. The van der Waals surface area contributed by atoms with Gasteiger partial charge in [0, 0.05) is 33.1 Å². The molecule has 0 radical (unpaired) electrons. The molecule has 0 saturated carbocycles. The van der Waals surface area contributed by atoms with Gasteiger partial charge < -0.3 is 19.5 Å². The van der Waals surface area contributed by atoms with Gasteiger partial charge >= 0.3 is 5.97 Å². The number of esters is 1. The van der Waals surface area contributed by atoms with Gasteiger partial charge in [-0.2, -0.15) is 0 Å². The van der Waals surface area contributed by atoms with Crippen LogP contribution in [0.1, 0.15) is 30.6 Å². The number of aliphatic hydroxyl groups is 1. The molecule has 1 aromatic carbocycles. The van der Waals surface area contributed by atoms with Crippen molar-refractivity contribution in [1.29, 1.82) is 0 Å². The molecule has 1 aromatic rings. The summed E-state index contributed by atoms with van der Waals surface area (Å²) >= 11 is 0. The van der Waals surface area contributed by atoms with E-state index < -0.39 is 6.10 Å². The zero-order chi connectivity index (χ0) is 18.9. The first-order valence-corrected chi connectivity index (χ1v) is 9.05. The van der Waals surface area contributed by atoms with E-state index in [1.165, 1.54) is 0 Å². The molecule has 7 heteroatoms. The Labute approximate surface area is 154 Å². The smallest absolute Gasteiger partial charge is 0.338 e. The molecule has 0 unspecified atom stereocenters. The van der Waals surface area contributed by atoms with Crippen LogP contribution in [0.5, 0.6) is 5.75 Å². The quantitative estimate of drug-likeness (QED) is 0.732. The Morgan fingerprint density at radius 3 is 2.54 bits per heavy atom. The number of benzene rings is 1. The van der Waals surface area contributed by atoms with E-state index in [1.54, 1.807) is 38.1 Å². The molecule has 1 aliphatic rings. The Morgan fingerprint density at radius 1 is 1.15 bits per heavy atom. The van der Waals surface area contributed by atoms with Gasteiger partial charge in [-0.15, -0.1) is 0 Å². The average Bonchev–Trinajstić information content (AvgIpc) is 2.86. The van der Waals surface area contributed by atoms with E-state index in [0.29, 0.717) is 31.0 Å². The van der Waals surface area contributed by atoms with Gasteiger partial charge in [-0.3, -0.25) is 9.69 Å². The Bertz CT molecular complexity index is 590. The first-order valence-electron chi connectivity index (χ1n) is 9.05. The number of β-amino-alcohol motifs (C(OH)–C–C–N with tert-alkyl or cyclic N) is 1. The molecule has 2 rings (SSSR count). The third kappa shape index (κ3) is 6.31. The van der Waals surface area contributed by atoms with Crippen molar-refractivity contribution in [3.8, 4) is 5.75 Å². The second-order valence-electron chi connectivity index (χ2n) is 6.37. The van der Waals surface area contributed by atoms with Gasteiger partial charge in [0.25, 0.3) is 0 Å². The lowest BCUT2D eigenvalue weighted by Gasteiger charge is -2.23. The van der Waals surface area contributed by atoms with Gasteiger partial charge in [0.15, 0.2) is 0 Å². The summed E-state index contributed by atoms with van der Waals surface area (Å²) in [4.78, 5) is 27.0. The lowest BCUT2D eigenvalue weighted by Crippen LogP contribution is -2.38. The molecule has 1 atom stereocenters. The fourth-order valence-corrected chi connectivity index (χ4v) is 2.91. The molecule has 1 N–H and O–H groups in total. The predicted octanol–water partition coefficient (Wildman–Crippen LogP) is 1.16. The maximum atomic E-state index is 11.6. The fourth-order valence-electron chi connectivity index (χ4n) is 2.91. The average molecular weight is 364 g/mol. The summed E-state index contributed by atoms with van der Waals surface area (Å²) in [6, 6.07) is 6.67. The molecule has 1 fully saturated rings. The van der Waals surface area contributed by atoms with Crippen LogP contribution >= 0.6 is 0 Å². The minimum Gasteiger partial charge on any atom is -0.491 e. The summed E-state index contributed by atoms with van der Waals surface area (Å²) in [5, 5.41) is 10.2. The van der Waals surface area contributed by atoms with Crippen LogP contribution in [0.25, 0.3) is 0 Å². The number of amides is 1. The normalized spacial score (nSPS) is 16.7. The molecule has 0 aromatic heterocycles. The standard InChI is InChI=1S/C19H28N2O5/c1-3-25-19(24)16-5-7-18(8-6-16)26-14-17(23)13-20-9-4-10-21(12-11-20)15(2)22/h5-8,17,23H,3-4,9-14H2,1-2H3/t17-/m1/s1. The van der Waals surface area contributed by atoms with Gasteiger partial charge in [0.2, 0.25) is 5.91 Å². The van der Waals surface area contributed by atoms with Crippen LogP contribution in [0.15, 0.2) is 24.3 Å². The molecule has 1 saturated heterocycles. The Morgan fingerprint density at radius 2 is 1.88 bits per heavy atom. The highest BCUT2D eigenvalue weighted by molar-refractivity contribution is 5.89. The van der Waals surface area contributed by atoms with Crippen LogP contribution in [0.4, 0.5) is 0 Å². The summed E-state index contributed by atoms with van der Waals surface area (Å²) in [6.45, 7) is 7.44. The molecule has 0 bridgehead atoms. The second kappa shape index (κ2) is 10.1. The predicted molar refractivity (Wildman–Crippen MR) is 97.2 cm³/mol. The van der Waals surface area contributed by atoms with Crippen molar-refractivity contribution in [2.45, 2.75) is 26.4 Å². The van der Waals surface area contributed by atoms with Gasteiger partial charge in [-0.05, 0) is 44.2 Å². The molecule has 1 amide bonds. The van der Waals surface area contributed by atoms with Crippen LogP contribution in [0, 0.1) is 0 Å². The molecular formula is C19H28N2O5. The van der Waals surface area contributed by atoms with Crippen molar-refractivity contribution in [3.63, 3.8) is 0 Å². The number of nitrogens with zero attached hydrogens (tertiary/aromatic N) is 2. The van der Waals surface area contributed by atoms with Crippen LogP contribution < -0.4 is 4.74 Å². The maximum absolute atomic E-state index is 11.6. The number of carbonyl (C=O) groups is 2. The van der Waals surface area contributed by atoms with Crippen molar-refractivity contribution in [3.05, 3.63) is 29.8 Å². The van der Waals surface area contributed by atoms with Crippen molar-refractivity contribution in [2.75, 3.05) is 45.9 Å². The van der Waals surface area contributed by atoms with E-state index in [4.69, 9.17) is 9.47 Å². The highest BCUT2D eigenvalue weighted by Gasteiger charge is 2.19. The minimum atomic E-state index is -0.622. The number of hydrogen-bond donors (Lipinski definition) is 1. The number of hydrogen-bond acceptors (Lipinski definition) is 6. The third-order valence-electron chi connectivity index (χ3n) is 4.31. The molecule has 0 aliphatic carbocycles. The fraction of sp³-hybridized carbons (Fsp3) is 0.579. The van der Waals surface area contributed by atoms with E-state index in [1.807, 2.05) is 4.90 Å². The molecule has 144 valence electrons. The highest BCUT2D eigenvalue weighted by Crippen LogP contribution is 2.14. The van der Waals surface area contributed by atoms with Crippen molar-refractivity contribution in [2.24, 2.45) is 0 Å². The lowest BCUT2D eigenvalue weighted by atomic mass is 10.2. The highest BCUT2D eigenvalue weighted by atomic mass is 16.5. The third-order valence-corrected chi connectivity index (χ3v) is 4.31. The maximum Gasteiger partial charge on any atom is 0.338 e. The summed E-state index contributed by atoms with van der Waals surface area (Å²) in [7, 11) is 0. The zero-order valence-corrected chi connectivity index (χ0v) is 15.5. The Hall–Kier alpha value is -2.12. The molecule has 26 heavy (non-hydrogen) atoms. The van der Waals surface area contributed by atoms with Crippen molar-refractivity contribution < 1.29 is 24.2 Å². The molecule has 1 aliphatic heterocycles. The molecule has 0 spiro atoms. The summed E-state index contributed by atoms with van der Waals surface area (Å²) < 4.78 is 10.5. The van der Waals surface area contributed by atoms with E-state index >= 15 is 0 Å². The zero-order valence-electron chi connectivity index (χ0n) is 15.5. The lowest BCUT2D eigenvalue weighted by molar-refractivity contribution is -0.128. The summed E-state index contributed by atoms with van der Waals surface area (Å²) in [5.41, 5.74) is 0.472. The number of carbonyl (C=O) groups excluding carboxylic acids is 2. The Balaban J connectivity index is 1.75. The van der Waals surface area contributed by atoms with Crippen molar-refractivity contribution in [1.82, 2.24) is 9.80 Å². The SMILES string of the molecule is CCOC(=O)c1ccc(OC[C@H](O)CN2CCCN(C(C)=O)CC2)cc1. The van der Waals surface area contributed by atoms with Gasteiger partial charge in [0.05, 0.1) is 12.2 Å². The first kappa shape index (κ1) is 20.2. The summed E-state index contributed by atoms with van der Waals surface area (Å²) in [5.74, 6) is 0.331. The topological polar surface area (TPSA) is 79.3 Å². The van der Waals surface area contributed by atoms with E-state index in [9.17, 15) is 14.7 Å². The monoisotopic (exact) mass is 364 g/mol. The Kier molecular flexibility index (Phi) is 7.87. The van der Waals surface area contributed by atoms with E-state index in [2.05, 4.69) is 4.90 Å². The molecule has 7 nitrogen and oxygen atoms in total.